The topological polar surface area (TPSA) is 132 Å². The number of carbonyl (C=O) groups excluding carboxylic acids is 3. The molecule has 0 aliphatic heterocycles. The summed E-state index contributed by atoms with van der Waals surface area (Å²) in [7, 11) is -2.91. The monoisotopic (exact) mass is 487 g/mol. The minimum Gasteiger partial charge on any atom is -0.464 e. The molecule has 34 heavy (non-hydrogen) atoms. The van der Waals surface area contributed by atoms with Gasteiger partial charge in [-0.05, 0) is 42.2 Å². The number of hydrogen-bond acceptors (Lipinski definition) is 7. The number of methoxy groups -OCH3 is 1. The van der Waals surface area contributed by atoms with Crippen molar-refractivity contribution in [1.82, 2.24) is 15.0 Å². The molecule has 2 N–H and O–H groups in total. The van der Waals surface area contributed by atoms with Crippen LogP contribution in [-0.4, -0.2) is 38.3 Å². The lowest BCUT2D eigenvalue weighted by molar-refractivity contribution is -0.121. The molecule has 1 fully saturated rings. The largest absolute Gasteiger partial charge is 0.464 e. The lowest BCUT2D eigenvalue weighted by atomic mass is 9.86. The number of rotatable bonds is 9. The first-order valence-corrected chi connectivity index (χ1v) is 12.7. The number of esters is 1. The second-order valence-corrected chi connectivity index (χ2v) is 10.0. The molecule has 0 saturated heterocycles. The number of ether oxygens (including phenoxy) is 1. The van der Waals surface area contributed by atoms with E-state index in [1.54, 1.807) is 12.1 Å². The summed E-state index contributed by atoms with van der Waals surface area (Å²) in [6.45, 7) is 0.300. The van der Waals surface area contributed by atoms with Gasteiger partial charge in [0.2, 0.25) is 5.91 Å². The average Bonchev–Trinajstić information content (AvgIpc) is 2.86. The van der Waals surface area contributed by atoms with E-state index in [4.69, 9.17) is 0 Å². The molecule has 0 radical (unpaired) electrons. The quantitative estimate of drug-likeness (QED) is 0.520. The van der Waals surface area contributed by atoms with Crippen LogP contribution in [0.25, 0.3) is 0 Å². The molecule has 1 aromatic heterocycles. The van der Waals surface area contributed by atoms with Crippen molar-refractivity contribution >= 4 is 27.8 Å². The second-order valence-electron chi connectivity index (χ2n) is 8.32. The molecule has 9 nitrogen and oxygen atoms in total. The Morgan fingerprint density at radius 3 is 2.35 bits per heavy atom. The van der Waals surface area contributed by atoms with Crippen LogP contribution in [0.5, 0.6) is 0 Å². The molecule has 3 rings (SSSR count). The highest BCUT2D eigenvalue weighted by Gasteiger charge is 2.20. The summed E-state index contributed by atoms with van der Waals surface area (Å²) in [5.74, 6) is -0.916. The van der Waals surface area contributed by atoms with E-state index in [0.29, 0.717) is 18.9 Å². The Labute approximate surface area is 199 Å². The second kappa shape index (κ2) is 11.7. The molecule has 10 heteroatoms. The van der Waals surface area contributed by atoms with Gasteiger partial charge in [0.15, 0.2) is 0 Å². The maximum Gasteiger partial charge on any atom is 0.356 e. The predicted octanol–water partition coefficient (Wildman–Crippen LogP) is 2.96. The summed E-state index contributed by atoms with van der Waals surface area (Å²) in [6, 6.07) is 8.48. The third kappa shape index (κ3) is 7.11. The Morgan fingerprint density at radius 2 is 1.74 bits per heavy atom. The Bertz CT molecular complexity index is 1110. The molecule has 0 spiro atoms. The van der Waals surface area contributed by atoms with Gasteiger partial charge in [0.05, 0.1) is 17.6 Å². The van der Waals surface area contributed by atoms with E-state index in [1.165, 1.54) is 63.5 Å². The third-order valence-electron chi connectivity index (χ3n) is 5.87. The number of sulfonamides is 1. The summed E-state index contributed by atoms with van der Waals surface area (Å²) in [5.41, 5.74) is 0.723. The van der Waals surface area contributed by atoms with Crippen LogP contribution in [0.3, 0.4) is 0 Å². The van der Waals surface area contributed by atoms with Crippen molar-refractivity contribution in [2.24, 2.45) is 5.92 Å². The SMILES string of the molecule is COC(=O)c1ccc(C(=O)NS(=O)(=O)c2ccc(CNC(=O)CCC3CCCCC3)cc2)cn1. The van der Waals surface area contributed by atoms with E-state index < -0.39 is 21.9 Å². The van der Waals surface area contributed by atoms with Crippen LogP contribution in [0.15, 0.2) is 47.5 Å². The number of hydrogen-bond donors (Lipinski definition) is 2. The van der Waals surface area contributed by atoms with Crippen molar-refractivity contribution in [2.75, 3.05) is 7.11 Å². The van der Waals surface area contributed by atoms with Crippen LogP contribution in [0.2, 0.25) is 0 Å². The number of aromatic nitrogens is 1. The Hall–Kier alpha value is -3.27. The fourth-order valence-electron chi connectivity index (χ4n) is 3.88. The van der Waals surface area contributed by atoms with Crippen molar-refractivity contribution in [1.29, 1.82) is 0 Å². The smallest absolute Gasteiger partial charge is 0.356 e. The van der Waals surface area contributed by atoms with Crippen LogP contribution in [0.4, 0.5) is 0 Å². The first-order chi connectivity index (χ1) is 16.3. The van der Waals surface area contributed by atoms with Crippen molar-refractivity contribution in [2.45, 2.75) is 56.4 Å². The summed E-state index contributed by atoms with van der Waals surface area (Å²) >= 11 is 0. The van der Waals surface area contributed by atoms with Gasteiger partial charge in [-0.2, -0.15) is 0 Å². The standard InChI is InChI=1S/C24H29N3O6S/c1-33-24(30)21-13-10-19(16-25-21)23(29)27-34(31,32)20-11-7-18(8-12-20)15-26-22(28)14-9-17-5-3-2-4-6-17/h7-8,10-13,16-17H,2-6,9,14-15H2,1H3,(H,26,28)(H,27,29). The number of carbonyl (C=O) groups is 3. The first kappa shape index (κ1) is 25.4. The van der Waals surface area contributed by atoms with Gasteiger partial charge < -0.3 is 10.1 Å². The number of benzene rings is 1. The third-order valence-corrected chi connectivity index (χ3v) is 7.22. The first-order valence-electron chi connectivity index (χ1n) is 11.3. The highest BCUT2D eigenvalue weighted by Crippen LogP contribution is 2.27. The zero-order chi connectivity index (χ0) is 24.6. The van der Waals surface area contributed by atoms with Gasteiger partial charge in [-0.25, -0.2) is 22.9 Å². The Kier molecular flexibility index (Phi) is 8.75. The molecule has 0 atom stereocenters. The van der Waals surface area contributed by atoms with Gasteiger partial charge in [0, 0.05) is 19.2 Å². The van der Waals surface area contributed by atoms with E-state index in [1.807, 2.05) is 4.72 Å². The highest BCUT2D eigenvalue weighted by atomic mass is 32.2. The maximum atomic E-state index is 12.6. The van der Waals surface area contributed by atoms with Crippen LogP contribution in [-0.2, 0) is 26.1 Å². The molecule has 2 amide bonds. The molecule has 0 unspecified atom stereocenters. The molecule has 2 aromatic rings. The Balaban J connectivity index is 1.51. The van der Waals surface area contributed by atoms with Crippen LogP contribution in [0.1, 0.15) is 71.4 Å². The molecule has 1 heterocycles. The van der Waals surface area contributed by atoms with Crippen molar-refractivity contribution < 1.29 is 27.5 Å². The molecule has 0 bridgehead atoms. The lowest BCUT2D eigenvalue weighted by Gasteiger charge is -2.21. The summed E-state index contributed by atoms with van der Waals surface area (Å²) in [4.78, 5) is 39.6. The van der Waals surface area contributed by atoms with Crippen LogP contribution in [0, 0.1) is 5.92 Å². The van der Waals surface area contributed by atoms with E-state index in [0.717, 1.165) is 18.2 Å². The minimum absolute atomic E-state index is 0.00132. The minimum atomic E-state index is -4.11. The number of nitrogens with one attached hydrogen (secondary N) is 2. The van der Waals surface area contributed by atoms with Crippen molar-refractivity contribution in [3.63, 3.8) is 0 Å². The van der Waals surface area contributed by atoms with Crippen molar-refractivity contribution in [3.05, 3.63) is 59.4 Å². The molecule has 1 aliphatic carbocycles. The van der Waals surface area contributed by atoms with Gasteiger partial charge in [0.1, 0.15) is 5.69 Å². The molecule has 1 saturated carbocycles. The number of pyridine rings is 1. The van der Waals surface area contributed by atoms with Gasteiger partial charge >= 0.3 is 5.97 Å². The number of amides is 2. The molecule has 1 aromatic carbocycles. The molecular weight excluding hydrogens is 458 g/mol. The van der Waals surface area contributed by atoms with E-state index >= 15 is 0 Å². The van der Waals surface area contributed by atoms with Crippen LogP contribution >= 0.6 is 0 Å². The molecule has 182 valence electrons. The van der Waals surface area contributed by atoms with Crippen LogP contribution < -0.4 is 10.0 Å². The number of nitrogens with zero attached hydrogens (tertiary/aromatic N) is 1. The van der Waals surface area contributed by atoms with Gasteiger partial charge in [-0.3, -0.25) is 9.59 Å². The highest BCUT2D eigenvalue weighted by molar-refractivity contribution is 7.90. The average molecular weight is 488 g/mol. The van der Waals surface area contributed by atoms with Gasteiger partial charge in [-0.1, -0.05) is 44.2 Å². The maximum absolute atomic E-state index is 12.6. The van der Waals surface area contributed by atoms with E-state index in [9.17, 15) is 22.8 Å². The molecular formula is C24H29N3O6S. The zero-order valence-electron chi connectivity index (χ0n) is 19.1. The fourth-order valence-corrected chi connectivity index (χ4v) is 4.85. The summed E-state index contributed by atoms with van der Waals surface area (Å²) in [5, 5.41) is 2.87. The Morgan fingerprint density at radius 1 is 1.03 bits per heavy atom. The zero-order valence-corrected chi connectivity index (χ0v) is 19.9. The summed E-state index contributed by atoms with van der Waals surface area (Å²) in [6.07, 6.45) is 8.70. The molecule has 1 aliphatic rings. The summed E-state index contributed by atoms with van der Waals surface area (Å²) < 4.78 is 31.6. The van der Waals surface area contributed by atoms with Gasteiger partial charge in [-0.15, -0.1) is 0 Å². The predicted molar refractivity (Wildman–Crippen MR) is 124 cm³/mol. The van der Waals surface area contributed by atoms with E-state index in [-0.39, 0.29) is 22.1 Å². The lowest BCUT2D eigenvalue weighted by Crippen LogP contribution is -2.30. The fraction of sp³-hybridized carbons (Fsp3) is 0.417. The van der Waals surface area contributed by atoms with Gasteiger partial charge in [0.25, 0.3) is 15.9 Å². The van der Waals surface area contributed by atoms with Crippen molar-refractivity contribution in [3.8, 4) is 0 Å². The van der Waals surface area contributed by atoms with E-state index in [2.05, 4.69) is 15.0 Å². The normalized spacial score (nSPS) is 14.3.